The minimum absolute atomic E-state index is 0.0317. The molecule has 108 valence electrons. The Kier molecular flexibility index (Phi) is 5.38. The predicted octanol–water partition coefficient (Wildman–Crippen LogP) is 1.84. The Morgan fingerprint density at radius 2 is 1.67 bits per heavy atom. The lowest BCUT2D eigenvalue weighted by molar-refractivity contribution is -0.126. The first-order chi connectivity index (χ1) is 7.72. The summed E-state index contributed by atoms with van der Waals surface area (Å²) in [5.74, 6) is -0.891. The largest absolute Gasteiger partial charge is 0.350 e. The summed E-state index contributed by atoms with van der Waals surface area (Å²) >= 11 is 0. The molecule has 0 aliphatic carbocycles. The van der Waals surface area contributed by atoms with Gasteiger partial charge in [-0.05, 0) is 25.7 Å². The monoisotopic (exact) mass is 279 g/mol. The number of carbonyl (C=O) groups excluding carboxylic acids is 1. The Labute approximate surface area is 110 Å². The summed E-state index contributed by atoms with van der Waals surface area (Å²) in [5.41, 5.74) is -0.944. The second-order valence-electron chi connectivity index (χ2n) is 6.77. The molecule has 0 fully saturated rings. The van der Waals surface area contributed by atoms with Crippen molar-refractivity contribution in [2.75, 3.05) is 5.75 Å². The van der Waals surface area contributed by atoms with E-state index in [0.717, 1.165) is 0 Å². The highest BCUT2D eigenvalue weighted by atomic mass is 32.2. The Morgan fingerprint density at radius 3 is 2.00 bits per heavy atom. The highest BCUT2D eigenvalue weighted by molar-refractivity contribution is 7.85. The number of carbonyl (C=O) groups is 1. The first-order valence-corrected chi connectivity index (χ1v) is 7.60. The highest BCUT2D eigenvalue weighted by Crippen LogP contribution is 2.24. The molecule has 0 aromatic carbocycles. The third kappa shape index (κ3) is 8.47. The first kappa shape index (κ1) is 17.4. The molecule has 6 heteroatoms. The van der Waals surface area contributed by atoms with E-state index in [1.165, 1.54) is 0 Å². The Balaban J connectivity index is 4.56. The van der Waals surface area contributed by atoms with E-state index in [2.05, 4.69) is 5.32 Å². The Bertz CT molecular complexity index is 393. The summed E-state index contributed by atoms with van der Waals surface area (Å²) in [4.78, 5) is 11.9. The average molecular weight is 279 g/mol. The maximum Gasteiger partial charge on any atom is 0.267 e. The number of rotatable bonds is 5. The minimum Gasteiger partial charge on any atom is -0.350 e. The van der Waals surface area contributed by atoms with Gasteiger partial charge in [0.05, 0.1) is 11.3 Å². The molecule has 1 unspecified atom stereocenters. The van der Waals surface area contributed by atoms with Gasteiger partial charge in [0.2, 0.25) is 5.91 Å². The summed E-state index contributed by atoms with van der Waals surface area (Å²) < 4.78 is 30.5. The quantitative estimate of drug-likeness (QED) is 0.752. The SMILES string of the molecule is CC(CC(C)(C)C)C(=O)NC(C)(C)CS(=O)(=O)O. The number of hydrogen-bond donors (Lipinski definition) is 2. The molecule has 5 nitrogen and oxygen atoms in total. The van der Waals surface area contributed by atoms with Crippen LogP contribution >= 0.6 is 0 Å². The summed E-state index contributed by atoms with van der Waals surface area (Å²) in [6, 6.07) is 0. The Morgan fingerprint density at radius 1 is 1.22 bits per heavy atom. The van der Waals surface area contributed by atoms with E-state index in [0.29, 0.717) is 6.42 Å². The van der Waals surface area contributed by atoms with E-state index in [1.807, 2.05) is 27.7 Å². The number of amides is 1. The molecule has 0 aliphatic rings. The molecule has 0 saturated carbocycles. The predicted molar refractivity (Wildman–Crippen MR) is 71.9 cm³/mol. The van der Waals surface area contributed by atoms with Crippen molar-refractivity contribution in [3.8, 4) is 0 Å². The summed E-state index contributed by atoms with van der Waals surface area (Å²) in [7, 11) is -4.10. The van der Waals surface area contributed by atoms with Crippen LogP contribution in [0.3, 0.4) is 0 Å². The molecular formula is C12H25NO4S. The van der Waals surface area contributed by atoms with Crippen LogP contribution in [0, 0.1) is 11.3 Å². The van der Waals surface area contributed by atoms with Crippen molar-refractivity contribution in [3.63, 3.8) is 0 Å². The van der Waals surface area contributed by atoms with Gasteiger partial charge in [-0.1, -0.05) is 27.7 Å². The maximum absolute atomic E-state index is 11.9. The van der Waals surface area contributed by atoms with E-state index in [-0.39, 0.29) is 17.2 Å². The van der Waals surface area contributed by atoms with Crippen LogP contribution in [0.5, 0.6) is 0 Å². The molecule has 0 spiro atoms. The minimum atomic E-state index is -4.10. The van der Waals surface area contributed by atoms with E-state index in [9.17, 15) is 13.2 Å². The van der Waals surface area contributed by atoms with Gasteiger partial charge in [-0.15, -0.1) is 0 Å². The summed E-state index contributed by atoms with van der Waals surface area (Å²) in [6.07, 6.45) is 0.709. The molecular weight excluding hydrogens is 254 g/mol. The standard InChI is InChI=1S/C12H25NO4S/c1-9(7-11(2,3)4)10(14)13-12(5,6)8-18(15,16)17/h9H,7-8H2,1-6H3,(H,13,14)(H,15,16,17). The molecule has 0 aromatic heterocycles. The molecule has 0 radical (unpaired) electrons. The zero-order chi connectivity index (χ0) is 14.8. The number of nitrogens with one attached hydrogen (secondary N) is 1. The molecule has 0 saturated heterocycles. The van der Waals surface area contributed by atoms with Gasteiger partial charge in [-0.25, -0.2) is 0 Å². The lowest BCUT2D eigenvalue weighted by Gasteiger charge is -2.29. The highest BCUT2D eigenvalue weighted by Gasteiger charge is 2.29. The molecule has 1 atom stereocenters. The van der Waals surface area contributed by atoms with Crippen LogP contribution in [-0.2, 0) is 14.9 Å². The fourth-order valence-corrected chi connectivity index (χ4v) is 2.94. The molecule has 2 N–H and O–H groups in total. The zero-order valence-corrected chi connectivity index (χ0v) is 12.9. The van der Waals surface area contributed by atoms with Gasteiger partial charge in [0.25, 0.3) is 10.1 Å². The summed E-state index contributed by atoms with van der Waals surface area (Å²) in [6.45, 7) is 11.1. The van der Waals surface area contributed by atoms with Gasteiger partial charge in [0, 0.05) is 5.92 Å². The van der Waals surface area contributed by atoms with Crippen LogP contribution in [0.4, 0.5) is 0 Å². The van der Waals surface area contributed by atoms with Crippen molar-refractivity contribution in [1.82, 2.24) is 5.32 Å². The number of hydrogen-bond acceptors (Lipinski definition) is 3. The van der Waals surface area contributed by atoms with E-state index < -0.39 is 21.4 Å². The van der Waals surface area contributed by atoms with Crippen LogP contribution in [0.15, 0.2) is 0 Å². The van der Waals surface area contributed by atoms with E-state index >= 15 is 0 Å². The second-order valence-corrected chi connectivity index (χ2v) is 8.22. The van der Waals surface area contributed by atoms with Gasteiger partial charge in [0.1, 0.15) is 0 Å². The van der Waals surface area contributed by atoms with Gasteiger partial charge in [-0.3, -0.25) is 9.35 Å². The van der Waals surface area contributed by atoms with Gasteiger partial charge < -0.3 is 5.32 Å². The van der Waals surface area contributed by atoms with Gasteiger partial charge in [0.15, 0.2) is 0 Å². The summed E-state index contributed by atoms with van der Waals surface area (Å²) in [5, 5.41) is 2.66. The lowest BCUT2D eigenvalue weighted by atomic mass is 9.85. The fraction of sp³-hybridized carbons (Fsp3) is 0.917. The van der Waals surface area contributed by atoms with E-state index in [1.54, 1.807) is 13.8 Å². The topological polar surface area (TPSA) is 83.5 Å². The van der Waals surface area contributed by atoms with Gasteiger partial charge in [-0.2, -0.15) is 8.42 Å². The lowest BCUT2D eigenvalue weighted by Crippen LogP contribution is -2.50. The smallest absolute Gasteiger partial charge is 0.267 e. The van der Waals surface area contributed by atoms with Crippen molar-refractivity contribution >= 4 is 16.0 Å². The molecule has 1 amide bonds. The first-order valence-electron chi connectivity index (χ1n) is 5.99. The van der Waals surface area contributed by atoms with Crippen LogP contribution in [0.2, 0.25) is 0 Å². The second kappa shape index (κ2) is 5.57. The van der Waals surface area contributed by atoms with E-state index in [4.69, 9.17) is 4.55 Å². The molecule has 18 heavy (non-hydrogen) atoms. The van der Waals surface area contributed by atoms with Crippen molar-refractivity contribution < 1.29 is 17.8 Å². The molecule has 0 aromatic rings. The van der Waals surface area contributed by atoms with Crippen molar-refractivity contribution in [2.24, 2.45) is 11.3 Å². The Hall–Kier alpha value is -0.620. The fourth-order valence-electron chi connectivity index (χ4n) is 1.96. The van der Waals surface area contributed by atoms with Crippen molar-refractivity contribution in [3.05, 3.63) is 0 Å². The van der Waals surface area contributed by atoms with Crippen molar-refractivity contribution in [1.29, 1.82) is 0 Å². The molecule has 0 rings (SSSR count). The molecule has 0 aliphatic heterocycles. The third-order valence-corrected chi connectivity index (χ3v) is 3.46. The molecule has 0 heterocycles. The van der Waals surface area contributed by atoms with Gasteiger partial charge >= 0.3 is 0 Å². The normalized spacial score (nSPS) is 15.3. The molecule has 0 bridgehead atoms. The van der Waals surface area contributed by atoms with Crippen LogP contribution < -0.4 is 5.32 Å². The average Bonchev–Trinajstić information content (AvgIpc) is 1.93. The van der Waals surface area contributed by atoms with Crippen LogP contribution in [-0.4, -0.2) is 30.2 Å². The van der Waals surface area contributed by atoms with Crippen LogP contribution in [0.1, 0.15) is 48.0 Å². The van der Waals surface area contributed by atoms with Crippen LogP contribution in [0.25, 0.3) is 0 Å². The van der Waals surface area contributed by atoms with Crippen molar-refractivity contribution in [2.45, 2.75) is 53.5 Å². The third-order valence-electron chi connectivity index (χ3n) is 2.37. The zero-order valence-electron chi connectivity index (χ0n) is 12.1. The maximum atomic E-state index is 11.9.